The lowest BCUT2D eigenvalue weighted by Gasteiger charge is -2.25. The van der Waals surface area contributed by atoms with Gasteiger partial charge in [0, 0.05) is 32.6 Å². The summed E-state index contributed by atoms with van der Waals surface area (Å²) in [5.41, 5.74) is 2.39. The molecule has 1 aromatic carbocycles. The van der Waals surface area contributed by atoms with E-state index in [0.29, 0.717) is 19.0 Å². The average molecular weight is 533 g/mol. The topological polar surface area (TPSA) is 67.2 Å². The Morgan fingerprint density at radius 1 is 1.00 bits per heavy atom. The van der Waals surface area contributed by atoms with Crippen LogP contribution in [0.4, 0.5) is 10.2 Å². The molecule has 2 aliphatic rings. The fourth-order valence-electron chi connectivity index (χ4n) is 5.83. The van der Waals surface area contributed by atoms with Crippen LogP contribution in [0.3, 0.4) is 0 Å². The number of carbonyl (C=O) groups is 1. The van der Waals surface area contributed by atoms with Gasteiger partial charge in [-0.15, -0.1) is 11.3 Å². The highest BCUT2D eigenvalue weighted by molar-refractivity contribution is 7.12. The average Bonchev–Trinajstić information content (AvgIpc) is 3.51. The fraction of sp³-hybridized carbons (Fsp3) is 0.448. The number of aromatic nitrogens is 4. The number of anilines is 1. The number of carbonyl (C=O) groups excluding carboxylic acids is 1. The third-order valence-electron chi connectivity index (χ3n) is 7.81. The van der Waals surface area contributed by atoms with E-state index in [-0.39, 0.29) is 11.7 Å². The van der Waals surface area contributed by atoms with Crippen LogP contribution in [0.15, 0.2) is 41.8 Å². The van der Waals surface area contributed by atoms with Gasteiger partial charge in [0.05, 0.1) is 21.6 Å². The lowest BCUT2D eigenvalue weighted by atomic mass is 9.87. The largest absolute Gasteiger partial charge is 0.354 e. The predicted octanol–water partition coefficient (Wildman–Crippen LogP) is 5.80. The number of nitrogens with zero attached hydrogens (tertiary/aromatic N) is 6. The Balaban J connectivity index is 1.37. The van der Waals surface area contributed by atoms with E-state index in [4.69, 9.17) is 15.1 Å². The van der Waals surface area contributed by atoms with Crippen molar-refractivity contribution in [2.24, 2.45) is 5.92 Å². The highest BCUT2D eigenvalue weighted by Crippen LogP contribution is 2.32. The molecule has 0 bridgehead atoms. The van der Waals surface area contributed by atoms with Crippen LogP contribution in [0, 0.1) is 18.7 Å². The van der Waals surface area contributed by atoms with Gasteiger partial charge < -0.3 is 9.80 Å². The summed E-state index contributed by atoms with van der Waals surface area (Å²) in [4.78, 5) is 28.3. The van der Waals surface area contributed by atoms with Crippen molar-refractivity contribution in [1.29, 1.82) is 0 Å². The number of rotatable bonds is 5. The zero-order valence-corrected chi connectivity index (χ0v) is 22.6. The Morgan fingerprint density at radius 2 is 1.82 bits per heavy atom. The third-order valence-corrected chi connectivity index (χ3v) is 8.67. The number of halogens is 1. The van der Waals surface area contributed by atoms with Crippen LogP contribution in [0.5, 0.6) is 0 Å². The summed E-state index contributed by atoms with van der Waals surface area (Å²) >= 11 is 1.49. The minimum absolute atomic E-state index is 0.105. The van der Waals surface area contributed by atoms with E-state index >= 15 is 0 Å². The van der Waals surface area contributed by atoms with Gasteiger partial charge in [-0.25, -0.2) is 19.0 Å². The van der Waals surface area contributed by atoms with Crippen LogP contribution < -0.4 is 4.90 Å². The molecule has 4 aromatic rings. The minimum Gasteiger partial charge on any atom is -0.354 e. The predicted molar refractivity (Wildman–Crippen MR) is 149 cm³/mol. The van der Waals surface area contributed by atoms with Gasteiger partial charge in [0.2, 0.25) is 0 Å². The Morgan fingerprint density at radius 3 is 2.58 bits per heavy atom. The SMILES string of the molecule is Cc1nn(-c2ccc(F)cc2)c2nc(CC3CCCCC3)nc(N3CCCN(C(=O)c4cccs4)CC3)c12. The normalized spacial score (nSPS) is 17.2. The quantitative estimate of drug-likeness (QED) is 0.325. The molecular weight excluding hydrogens is 499 g/mol. The van der Waals surface area contributed by atoms with Crippen LogP contribution in [-0.4, -0.2) is 56.7 Å². The molecule has 0 atom stereocenters. The molecule has 1 amide bonds. The molecule has 198 valence electrons. The molecule has 7 nitrogen and oxygen atoms in total. The maximum absolute atomic E-state index is 13.7. The molecule has 0 radical (unpaired) electrons. The number of benzene rings is 1. The second kappa shape index (κ2) is 10.8. The molecule has 6 rings (SSSR count). The molecule has 1 saturated heterocycles. The molecule has 4 heterocycles. The van der Waals surface area contributed by atoms with Crippen molar-refractivity contribution in [3.8, 4) is 5.69 Å². The van der Waals surface area contributed by atoms with E-state index in [9.17, 15) is 9.18 Å². The summed E-state index contributed by atoms with van der Waals surface area (Å²) in [6.07, 6.45) is 8.01. The van der Waals surface area contributed by atoms with Crippen molar-refractivity contribution in [2.75, 3.05) is 31.1 Å². The summed E-state index contributed by atoms with van der Waals surface area (Å²) in [7, 11) is 0. The Kier molecular flexibility index (Phi) is 7.10. The highest BCUT2D eigenvalue weighted by Gasteiger charge is 2.26. The third kappa shape index (κ3) is 5.04. The first kappa shape index (κ1) is 25.0. The lowest BCUT2D eigenvalue weighted by molar-refractivity contribution is 0.0772. The second-order valence-corrected chi connectivity index (χ2v) is 11.4. The van der Waals surface area contributed by atoms with Crippen molar-refractivity contribution in [2.45, 2.75) is 51.9 Å². The summed E-state index contributed by atoms with van der Waals surface area (Å²) in [5.74, 6) is 2.17. The first-order chi connectivity index (χ1) is 18.6. The first-order valence-electron chi connectivity index (χ1n) is 13.7. The van der Waals surface area contributed by atoms with Crippen LogP contribution in [0.25, 0.3) is 16.7 Å². The van der Waals surface area contributed by atoms with Crippen molar-refractivity contribution >= 4 is 34.1 Å². The van der Waals surface area contributed by atoms with E-state index in [1.54, 1.807) is 12.1 Å². The minimum atomic E-state index is -0.276. The molecule has 1 aliphatic heterocycles. The van der Waals surface area contributed by atoms with Gasteiger partial charge in [0.25, 0.3) is 5.91 Å². The van der Waals surface area contributed by atoms with Gasteiger partial charge >= 0.3 is 0 Å². The first-order valence-corrected chi connectivity index (χ1v) is 14.5. The number of amides is 1. The van der Waals surface area contributed by atoms with Crippen molar-refractivity contribution in [3.63, 3.8) is 0 Å². The van der Waals surface area contributed by atoms with Crippen LogP contribution in [0.2, 0.25) is 0 Å². The maximum Gasteiger partial charge on any atom is 0.263 e. The Labute approximate surface area is 226 Å². The van der Waals surface area contributed by atoms with Gasteiger partial charge in [-0.1, -0.05) is 38.2 Å². The zero-order valence-electron chi connectivity index (χ0n) is 21.8. The van der Waals surface area contributed by atoms with Gasteiger partial charge in [0.15, 0.2) is 5.65 Å². The van der Waals surface area contributed by atoms with Crippen LogP contribution >= 0.6 is 11.3 Å². The number of thiophene rings is 1. The molecule has 3 aromatic heterocycles. The maximum atomic E-state index is 13.7. The standard InChI is InChI=1S/C29H33FN6OS/c1-20-26-27(34-14-6-15-35(17-16-34)29(37)24-9-5-18-38-24)31-25(19-21-7-3-2-4-8-21)32-28(26)36(33-20)23-12-10-22(30)11-13-23/h5,9-13,18,21H,2-4,6-8,14-17,19H2,1H3. The van der Waals surface area contributed by atoms with Crippen LogP contribution in [-0.2, 0) is 6.42 Å². The van der Waals surface area contributed by atoms with Gasteiger partial charge in [-0.3, -0.25) is 4.79 Å². The molecule has 38 heavy (non-hydrogen) atoms. The fourth-order valence-corrected chi connectivity index (χ4v) is 6.52. The summed E-state index contributed by atoms with van der Waals surface area (Å²) in [6, 6.07) is 10.2. The molecule has 9 heteroatoms. The number of hydrogen-bond donors (Lipinski definition) is 0. The highest BCUT2D eigenvalue weighted by atomic mass is 32.1. The van der Waals surface area contributed by atoms with Crippen molar-refractivity contribution < 1.29 is 9.18 Å². The zero-order chi connectivity index (χ0) is 26.1. The van der Waals surface area contributed by atoms with Crippen molar-refractivity contribution in [3.05, 3.63) is 64.0 Å². The van der Waals surface area contributed by atoms with E-state index in [2.05, 4.69) is 4.90 Å². The number of fused-ring (bicyclic) bond motifs is 1. The van der Waals surface area contributed by atoms with E-state index in [0.717, 1.165) is 64.9 Å². The van der Waals surface area contributed by atoms with E-state index in [1.165, 1.54) is 55.6 Å². The van der Waals surface area contributed by atoms with Crippen LogP contribution in [0.1, 0.15) is 59.7 Å². The summed E-state index contributed by atoms with van der Waals surface area (Å²) < 4.78 is 15.5. The smallest absolute Gasteiger partial charge is 0.263 e. The monoisotopic (exact) mass is 532 g/mol. The number of aryl methyl sites for hydroxylation is 1. The van der Waals surface area contributed by atoms with Gasteiger partial charge in [-0.05, 0) is 55.0 Å². The second-order valence-electron chi connectivity index (χ2n) is 10.5. The molecule has 1 saturated carbocycles. The van der Waals surface area contributed by atoms with E-state index < -0.39 is 0 Å². The number of hydrogen-bond acceptors (Lipinski definition) is 6. The van der Waals surface area contributed by atoms with Crippen molar-refractivity contribution in [1.82, 2.24) is 24.6 Å². The van der Waals surface area contributed by atoms with Gasteiger partial charge in [0.1, 0.15) is 17.5 Å². The summed E-state index contributed by atoms with van der Waals surface area (Å²) in [5, 5.41) is 7.71. The molecular formula is C29H33FN6OS. The lowest BCUT2D eigenvalue weighted by Crippen LogP contribution is -2.35. The molecule has 0 spiro atoms. The Bertz CT molecular complexity index is 1410. The molecule has 2 fully saturated rings. The van der Waals surface area contributed by atoms with E-state index in [1.807, 2.05) is 34.0 Å². The van der Waals surface area contributed by atoms with Gasteiger partial charge in [-0.2, -0.15) is 5.10 Å². The molecule has 0 N–H and O–H groups in total. The molecule has 0 unspecified atom stereocenters. The molecule has 1 aliphatic carbocycles. The Hall–Kier alpha value is -3.33. The summed E-state index contributed by atoms with van der Waals surface area (Å²) in [6.45, 7) is 4.87.